The second kappa shape index (κ2) is 9.56. The zero-order valence-corrected chi connectivity index (χ0v) is 11.9. The number of carbonyl (C=O) groups excluding carboxylic acids is 2. The van der Waals surface area contributed by atoms with E-state index in [1.54, 1.807) is 0 Å². The summed E-state index contributed by atoms with van der Waals surface area (Å²) in [6.07, 6.45) is -1.16. The Bertz CT molecular complexity index is 384. The third kappa shape index (κ3) is 9.25. The molecule has 0 saturated carbocycles. The summed E-state index contributed by atoms with van der Waals surface area (Å²) in [6.45, 7) is 3.90. The zero-order valence-electron chi connectivity index (χ0n) is 11.9. The Hall–Kier alpha value is -2.32. The van der Waals surface area contributed by atoms with Crippen LogP contribution in [0.4, 0.5) is 4.79 Å². The van der Waals surface area contributed by atoms with E-state index >= 15 is 0 Å². The van der Waals surface area contributed by atoms with Gasteiger partial charge in [-0.1, -0.05) is 13.8 Å². The number of hydrogen-bond donors (Lipinski definition) is 4. The average Bonchev–Trinajstić information content (AvgIpc) is 2.33. The Morgan fingerprint density at radius 3 is 2.24 bits per heavy atom. The zero-order chi connectivity index (χ0) is 16.4. The Morgan fingerprint density at radius 2 is 1.81 bits per heavy atom. The highest BCUT2D eigenvalue weighted by atomic mass is 16.5. The largest absolute Gasteiger partial charge is 0.481 e. The first-order valence-electron chi connectivity index (χ1n) is 6.37. The van der Waals surface area contributed by atoms with Gasteiger partial charge in [0.05, 0.1) is 0 Å². The molecule has 0 heterocycles. The fourth-order valence-electron chi connectivity index (χ4n) is 1.52. The molecule has 0 aliphatic rings. The number of rotatable bonds is 10. The predicted molar refractivity (Wildman–Crippen MR) is 70.4 cm³/mol. The van der Waals surface area contributed by atoms with Gasteiger partial charge in [0.2, 0.25) is 0 Å². The van der Waals surface area contributed by atoms with Crippen LogP contribution in [-0.4, -0.2) is 46.9 Å². The van der Waals surface area contributed by atoms with E-state index in [1.807, 2.05) is 13.8 Å². The molecule has 4 N–H and O–H groups in total. The van der Waals surface area contributed by atoms with E-state index in [1.165, 1.54) is 0 Å². The van der Waals surface area contributed by atoms with E-state index in [-0.39, 0.29) is 18.8 Å². The normalized spacial score (nSPS) is 13.1. The van der Waals surface area contributed by atoms with Crippen molar-refractivity contribution in [1.82, 2.24) is 10.6 Å². The van der Waals surface area contributed by atoms with Gasteiger partial charge in [-0.15, -0.1) is 0 Å². The summed E-state index contributed by atoms with van der Waals surface area (Å²) in [5.74, 6) is -2.37. The van der Waals surface area contributed by atoms with Crippen LogP contribution in [-0.2, 0) is 19.1 Å². The van der Waals surface area contributed by atoms with Gasteiger partial charge in [0.15, 0.2) is 6.23 Å². The van der Waals surface area contributed by atoms with Gasteiger partial charge >= 0.3 is 18.0 Å². The Balaban J connectivity index is 4.48. The number of ether oxygens (including phenoxy) is 1. The summed E-state index contributed by atoms with van der Waals surface area (Å²) in [6, 6.07) is -2.18. The minimum Gasteiger partial charge on any atom is -0.481 e. The number of urea groups is 1. The summed E-state index contributed by atoms with van der Waals surface area (Å²) < 4.78 is 4.67. The maximum absolute atomic E-state index is 11.6. The highest BCUT2D eigenvalue weighted by molar-refractivity contribution is 5.83. The summed E-state index contributed by atoms with van der Waals surface area (Å²) in [4.78, 5) is 43.3. The lowest BCUT2D eigenvalue weighted by Gasteiger charge is -2.20. The molecule has 9 heteroatoms. The van der Waals surface area contributed by atoms with Gasteiger partial charge in [-0.25, -0.2) is 9.59 Å². The molecule has 9 nitrogen and oxygen atoms in total. The number of carboxylic acids is 2. The van der Waals surface area contributed by atoms with E-state index < -0.39 is 36.7 Å². The average molecular weight is 304 g/mol. The first-order chi connectivity index (χ1) is 9.76. The monoisotopic (exact) mass is 304 g/mol. The fraction of sp³-hybridized carbons (Fsp3) is 0.667. The molecule has 0 bridgehead atoms. The quantitative estimate of drug-likeness (QED) is 0.332. The third-order valence-corrected chi connectivity index (χ3v) is 2.45. The van der Waals surface area contributed by atoms with Crippen LogP contribution in [0.2, 0.25) is 0 Å². The molecule has 0 spiro atoms. The Kier molecular flexibility index (Phi) is 8.51. The first kappa shape index (κ1) is 18.7. The lowest BCUT2D eigenvalue weighted by atomic mass is 10.1. The van der Waals surface area contributed by atoms with Crippen LogP contribution < -0.4 is 10.6 Å². The Morgan fingerprint density at radius 1 is 1.19 bits per heavy atom. The maximum atomic E-state index is 11.6. The summed E-state index contributed by atoms with van der Waals surface area (Å²) in [7, 11) is 0. The molecule has 0 aliphatic heterocycles. The summed E-state index contributed by atoms with van der Waals surface area (Å²) >= 11 is 0. The molecule has 0 aliphatic carbocycles. The van der Waals surface area contributed by atoms with Crippen molar-refractivity contribution in [3.05, 3.63) is 0 Å². The van der Waals surface area contributed by atoms with Gasteiger partial charge in [0, 0.05) is 12.8 Å². The van der Waals surface area contributed by atoms with Gasteiger partial charge in [-0.2, -0.15) is 0 Å². The van der Waals surface area contributed by atoms with Crippen molar-refractivity contribution in [1.29, 1.82) is 0 Å². The van der Waals surface area contributed by atoms with Crippen molar-refractivity contribution in [2.75, 3.05) is 0 Å². The van der Waals surface area contributed by atoms with Crippen LogP contribution in [0.25, 0.3) is 0 Å². The van der Waals surface area contributed by atoms with Crippen LogP contribution in [0.1, 0.15) is 33.1 Å². The third-order valence-electron chi connectivity index (χ3n) is 2.45. The first-order valence-corrected chi connectivity index (χ1v) is 6.37. The van der Waals surface area contributed by atoms with Crippen molar-refractivity contribution < 1.29 is 34.1 Å². The summed E-state index contributed by atoms with van der Waals surface area (Å²) in [5.41, 5.74) is 0. The Labute approximate surface area is 121 Å². The number of nitrogens with one attached hydrogen (secondary N) is 2. The van der Waals surface area contributed by atoms with Crippen LogP contribution in [0, 0.1) is 5.92 Å². The number of amides is 2. The lowest BCUT2D eigenvalue weighted by Crippen LogP contribution is -2.50. The second-order valence-electron chi connectivity index (χ2n) is 4.79. The minimum atomic E-state index is -1.34. The maximum Gasteiger partial charge on any atom is 0.326 e. The topological polar surface area (TPSA) is 142 Å². The smallest absolute Gasteiger partial charge is 0.326 e. The molecule has 0 aromatic heterocycles. The van der Waals surface area contributed by atoms with Crippen molar-refractivity contribution >= 4 is 24.4 Å². The number of aliphatic carboxylic acids is 2. The van der Waals surface area contributed by atoms with E-state index in [0.717, 1.165) is 0 Å². The second-order valence-corrected chi connectivity index (χ2v) is 4.79. The molecule has 0 rings (SSSR count). The van der Waals surface area contributed by atoms with Gasteiger partial charge in [0.1, 0.15) is 6.04 Å². The highest BCUT2D eigenvalue weighted by Gasteiger charge is 2.22. The standard InChI is InChI=1S/C12H20N2O7/c1-7(2)5-9(21-6-15)14-12(20)13-8(11(18)19)3-4-10(16)17/h6-9H,3-5H2,1-2H3,(H,16,17)(H,18,19)(H2,13,14,20)/t8-,9+/m0/s1. The van der Waals surface area contributed by atoms with Crippen LogP contribution in [0.3, 0.4) is 0 Å². The number of hydrogen-bond acceptors (Lipinski definition) is 5. The molecule has 0 aromatic carbocycles. The SMILES string of the molecule is CC(C)C[C@H](NC(=O)N[C@@H](CCC(=O)O)C(=O)O)OC=O. The van der Waals surface area contributed by atoms with Gasteiger partial charge in [0.25, 0.3) is 6.47 Å². The predicted octanol–water partition coefficient (Wildman–Crippen LogP) is 0.149. The van der Waals surface area contributed by atoms with E-state index in [9.17, 15) is 19.2 Å². The lowest BCUT2D eigenvalue weighted by molar-refractivity contribution is -0.141. The molecule has 2 atom stereocenters. The van der Waals surface area contributed by atoms with Gasteiger partial charge in [-0.3, -0.25) is 9.59 Å². The van der Waals surface area contributed by atoms with E-state index in [0.29, 0.717) is 6.42 Å². The van der Waals surface area contributed by atoms with Crippen molar-refractivity contribution in [3.8, 4) is 0 Å². The molecule has 0 aromatic rings. The molecule has 21 heavy (non-hydrogen) atoms. The van der Waals surface area contributed by atoms with Crippen molar-refractivity contribution in [3.63, 3.8) is 0 Å². The van der Waals surface area contributed by atoms with Crippen LogP contribution >= 0.6 is 0 Å². The fourth-order valence-corrected chi connectivity index (χ4v) is 1.52. The summed E-state index contributed by atoms with van der Waals surface area (Å²) in [5, 5.41) is 21.8. The van der Waals surface area contributed by atoms with E-state index in [4.69, 9.17) is 10.2 Å². The molecule has 0 unspecified atom stereocenters. The molecule has 0 fully saturated rings. The van der Waals surface area contributed by atoms with Gasteiger partial charge in [-0.05, 0) is 12.3 Å². The molecule has 0 saturated heterocycles. The molecule has 120 valence electrons. The highest BCUT2D eigenvalue weighted by Crippen LogP contribution is 2.05. The molecular formula is C12H20N2O7. The minimum absolute atomic E-state index is 0.137. The molecule has 2 amide bonds. The van der Waals surface area contributed by atoms with Crippen molar-refractivity contribution in [2.24, 2.45) is 5.92 Å². The van der Waals surface area contributed by atoms with Crippen molar-refractivity contribution in [2.45, 2.75) is 45.4 Å². The molecular weight excluding hydrogens is 284 g/mol. The number of carbonyl (C=O) groups is 4. The molecule has 0 radical (unpaired) electrons. The van der Waals surface area contributed by atoms with E-state index in [2.05, 4.69) is 15.4 Å². The van der Waals surface area contributed by atoms with Crippen LogP contribution in [0.15, 0.2) is 0 Å². The van der Waals surface area contributed by atoms with Crippen LogP contribution in [0.5, 0.6) is 0 Å². The number of carboxylic acid groups (broad SMARTS) is 2. The van der Waals surface area contributed by atoms with Gasteiger partial charge < -0.3 is 25.6 Å².